The Morgan fingerprint density at radius 3 is 2.59 bits per heavy atom. The van der Waals surface area contributed by atoms with Crippen LogP contribution in [0.25, 0.3) is 11.4 Å². The minimum absolute atomic E-state index is 0.0114. The number of benzene rings is 1. The summed E-state index contributed by atoms with van der Waals surface area (Å²) in [5.74, 6) is 1.79. The van der Waals surface area contributed by atoms with E-state index in [2.05, 4.69) is 15.2 Å². The molecule has 3 aromatic heterocycles. The molecule has 0 N–H and O–H groups in total. The van der Waals surface area contributed by atoms with Crippen LogP contribution >= 0.6 is 11.8 Å². The average molecular weight is 427 g/mol. The molecule has 0 aliphatic heterocycles. The van der Waals surface area contributed by atoms with E-state index in [4.69, 9.17) is 4.42 Å². The van der Waals surface area contributed by atoms with Gasteiger partial charge in [0, 0.05) is 23.7 Å². The van der Waals surface area contributed by atoms with E-state index in [1.165, 1.54) is 11.8 Å². The first-order valence-corrected chi connectivity index (χ1v) is 11.5. The first-order chi connectivity index (χ1) is 14.1. The zero-order valence-electron chi connectivity index (χ0n) is 15.4. The monoisotopic (exact) mass is 426 g/mol. The molecule has 4 aromatic rings. The molecule has 0 aliphatic rings. The number of aromatic nitrogens is 4. The van der Waals surface area contributed by atoms with Crippen LogP contribution in [0, 0.1) is 0 Å². The van der Waals surface area contributed by atoms with Gasteiger partial charge in [-0.3, -0.25) is 9.55 Å². The van der Waals surface area contributed by atoms with Crippen molar-refractivity contribution >= 4 is 21.6 Å². The Bertz CT molecular complexity index is 1160. The van der Waals surface area contributed by atoms with Crippen molar-refractivity contribution in [2.24, 2.45) is 0 Å². The molecule has 148 valence electrons. The molecule has 0 saturated carbocycles. The standard InChI is InChI=1S/C20H18N4O3S2/c25-29(26,18-8-2-1-3-9-18)13-12-28-20-23-22-19(16-6-4-10-21-14-16)24(20)15-17-7-5-11-27-17/h1-11,14H,12-13,15H2. The SMILES string of the molecule is O=S(=O)(CCSc1nnc(-c2cccnc2)n1Cc1ccco1)c1ccccc1. The maximum Gasteiger partial charge on any atom is 0.191 e. The van der Waals surface area contributed by atoms with Gasteiger partial charge in [-0.1, -0.05) is 30.0 Å². The summed E-state index contributed by atoms with van der Waals surface area (Å²) in [4.78, 5) is 4.47. The molecule has 0 aliphatic carbocycles. The van der Waals surface area contributed by atoms with Crippen molar-refractivity contribution in [2.45, 2.75) is 16.6 Å². The van der Waals surface area contributed by atoms with E-state index in [9.17, 15) is 8.42 Å². The second-order valence-corrected chi connectivity index (χ2v) is 9.36. The van der Waals surface area contributed by atoms with Gasteiger partial charge in [0.15, 0.2) is 20.8 Å². The molecule has 0 spiro atoms. The highest BCUT2D eigenvalue weighted by Crippen LogP contribution is 2.25. The third-order valence-electron chi connectivity index (χ3n) is 4.22. The van der Waals surface area contributed by atoms with Crippen LogP contribution in [-0.4, -0.2) is 39.7 Å². The summed E-state index contributed by atoms with van der Waals surface area (Å²) < 4.78 is 32.4. The van der Waals surface area contributed by atoms with Crippen LogP contribution in [-0.2, 0) is 16.4 Å². The lowest BCUT2D eigenvalue weighted by Gasteiger charge is -2.09. The summed E-state index contributed by atoms with van der Waals surface area (Å²) in [6.07, 6.45) is 5.03. The van der Waals surface area contributed by atoms with Gasteiger partial charge in [0.25, 0.3) is 0 Å². The second-order valence-electron chi connectivity index (χ2n) is 6.19. The average Bonchev–Trinajstić information content (AvgIpc) is 3.40. The molecule has 1 aromatic carbocycles. The Balaban J connectivity index is 1.55. The van der Waals surface area contributed by atoms with Crippen molar-refractivity contribution in [3.63, 3.8) is 0 Å². The Hall–Kier alpha value is -2.91. The van der Waals surface area contributed by atoms with Crippen LogP contribution in [0.15, 0.2) is 87.7 Å². The summed E-state index contributed by atoms with van der Waals surface area (Å²) >= 11 is 1.35. The van der Waals surface area contributed by atoms with Crippen molar-refractivity contribution in [2.75, 3.05) is 11.5 Å². The van der Waals surface area contributed by atoms with Crippen molar-refractivity contribution in [3.8, 4) is 11.4 Å². The lowest BCUT2D eigenvalue weighted by molar-refractivity contribution is 0.485. The van der Waals surface area contributed by atoms with Gasteiger partial charge in [-0.2, -0.15) is 0 Å². The molecule has 0 bridgehead atoms. The molecule has 9 heteroatoms. The van der Waals surface area contributed by atoms with E-state index in [0.717, 1.165) is 11.3 Å². The van der Waals surface area contributed by atoms with Gasteiger partial charge in [-0.15, -0.1) is 10.2 Å². The van der Waals surface area contributed by atoms with Gasteiger partial charge < -0.3 is 4.42 Å². The third-order valence-corrected chi connectivity index (χ3v) is 7.18. The smallest absolute Gasteiger partial charge is 0.191 e. The molecule has 7 nitrogen and oxygen atoms in total. The molecule has 0 unspecified atom stereocenters. The first-order valence-electron chi connectivity index (χ1n) is 8.90. The largest absolute Gasteiger partial charge is 0.467 e. The molecule has 0 saturated heterocycles. The maximum atomic E-state index is 12.5. The van der Waals surface area contributed by atoms with Crippen molar-refractivity contribution in [3.05, 3.63) is 79.0 Å². The quantitative estimate of drug-likeness (QED) is 0.398. The molecular weight excluding hydrogens is 408 g/mol. The first kappa shape index (κ1) is 19.4. The van der Waals surface area contributed by atoms with Crippen LogP contribution in [0.2, 0.25) is 0 Å². The van der Waals surface area contributed by atoms with Crippen LogP contribution in [0.1, 0.15) is 5.76 Å². The van der Waals surface area contributed by atoms with Gasteiger partial charge in [-0.05, 0) is 36.4 Å². The minimum atomic E-state index is -3.35. The van der Waals surface area contributed by atoms with E-state index in [0.29, 0.717) is 28.2 Å². The predicted octanol–water partition coefficient (Wildman–Crippen LogP) is 3.55. The number of furan rings is 1. The maximum absolute atomic E-state index is 12.5. The highest BCUT2D eigenvalue weighted by molar-refractivity contribution is 8.00. The van der Waals surface area contributed by atoms with E-state index in [1.807, 2.05) is 28.8 Å². The van der Waals surface area contributed by atoms with Crippen LogP contribution in [0.3, 0.4) is 0 Å². The van der Waals surface area contributed by atoms with Crippen LogP contribution < -0.4 is 0 Å². The van der Waals surface area contributed by atoms with E-state index < -0.39 is 9.84 Å². The van der Waals surface area contributed by atoms with Crippen molar-refractivity contribution in [1.29, 1.82) is 0 Å². The normalized spacial score (nSPS) is 11.6. The van der Waals surface area contributed by atoms with Crippen LogP contribution in [0.4, 0.5) is 0 Å². The summed E-state index contributed by atoms with van der Waals surface area (Å²) in [6, 6.07) is 15.9. The van der Waals surface area contributed by atoms with Crippen molar-refractivity contribution < 1.29 is 12.8 Å². The third kappa shape index (κ3) is 4.57. The number of nitrogens with zero attached hydrogens (tertiary/aromatic N) is 4. The lowest BCUT2D eigenvalue weighted by atomic mass is 10.2. The fourth-order valence-electron chi connectivity index (χ4n) is 2.79. The molecule has 3 heterocycles. The number of hydrogen-bond acceptors (Lipinski definition) is 7. The fourth-order valence-corrected chi connectivity index (χ4v) is 5.40. The van der Waals surface area contributed by atoms with Crippen LogP contribution in [0.5, 0.6) is 0 Å². The topological polar surface area (TPSA) is 90.9 Å². The van der Waals surface area contributed by atoms with E-state index in [-0.39, 0.29) is 5.75 Å². The lowest BCUT2D eigenvalue weighted by Crippen LogP contribution is -2.10. The van der Waals surface area contributed by atoms with E-state index >= 15 is 0 Å². The van der Waals surface area contributed by atoms with E-state index in [1.54, 1.807) is 49.0 Å². The molecular formula is C20H18N4O3S2. The van der Waals surface area contributed by atoms with Gasteiger partial charge >= 0.3 is 0 Å². The van der Waals surface area contributed by atoms with Gasteiger partial charge in [0.1, 0.15) is 5.76 Å². The number of sulfone groups is 1. The molecule has 0 amide bonds. The molecule has 4 rings (SSSR count). The summed E-state index contributed by atoms with van der Waals surface area (Å²) in [5.41, 5.74) is 0.829. The number of pyridine rings is 1. The summed E-state index contributed by atoms with van der Waals surface area (Å²) in [6.45, 7) is 0.442. The fraction of sp³-hybridized carbons (Fsp3) is 0.150. The Kier molecular flexibility index (Phi) is 5.77. The minimum Gasteiger partial charge on any atom is -0.467 e. The number of thioether (sulfide) groups is 1. The number of hydrogen-bond donors (Lipinski definition) is 0. The highest BCUT2D eigenvalue weighted by Gasteiger charge is 2.18. The molecule has 0 atom stereocenters. The predicted molar refractivity (Wildman–Crippen MR) is 110 cm³/mol. The van der Waals surface area contributed by atoms with Gasteiger partial charge in [0.05, 0.1) is 23.5 Å². The zero-order valence-corrected chi connectivity index (χ0v) is 17.0. The molecule has 29 heavy (non-hydrogen) atoms. The Labute approximate surface area is 172 Å². The Morgan fingerprint density at radius 2 is 1.86 bits per heavy atom. The Morgan fingerprint density at radius 1 is 1.00 bits per heavy atom. The second kappa shape index (κ2) is 8.62. The number of rotatable bonds is 8. The molecule has 0 radical (unpaired) electrons. The van der Waals surface area contributed by atoms with Crippen molar-refractivity contribution in [1.82, 2.24) is 19.7 Å². The van der Waals surface area contributed by atoms with Gasteiger partial charge in [0.2, 0.25) is 0 Å². The summed E-state index contributed by atoms with van der Waals surface area (Å²) in [7, 11) is -3.35. The molecule has 0 fully saturated rings. The zero-order chi connectivity index (χ0) is 20.1. The highest BCUT2D eigenvalue weighted by atomic mass is 32.2. The summed E-state index contributed by atoms with van der Waals surface area (Å²) in [5, 5.41) is 9.21. The van der Waals surface area contributed by atoms with Gasteiger partial charge in [-0.25, -0.2) is 8.42 Å².